The van der Waals surface area contributed by atoms with Crippen LogP contribution < -0.4 is 5.32 Å². The molecule has 0 unspecified atom stereocenters. The molecule has 0 bridgehead atoms. The van der Waals surface area contributed by atoms with E-state index in [1.54, 1.807) is 24.8 Å². The fourth-order valence-corrected chi connectivity index (χ4v) is 1.36. The lowest BCUT2D eigenvalue weighted by molar-refractivity contribution is 1.04. The molecule has 5 heteroatoms. The van der Waals surface area contributed by atoms with Gasteiger partial charge in [0.25, 0.3) is 0 Å². The first-order chi connectivity index (χ1) is 7.34. The van der Waals surface area contributed by atoms with Crippen molar-refractivity contribution in [1.29, 1.82) is 0 Å². The summed E-state index contributed by atoms with van der Waals surface area (Å²) in [5.41, 5.74) is 1.16. The number of nitrogens with one attached hydrogen (secondary N) is 1. The van der Waals surface area contributed by atoms with Crippen LogP contribution in [0.3, 0.4) is 0 Å². The molecule has 15 heavy (non-hydrogen) atoms. The number of aromatic nitrogens is 3. The molecule has 0 fully saturated rings. The summed E-state index contributed by atoms with van der Waals surface area (Å²) in [7, 11) is 0. The van der Waals surface area contributed by atoms with E-state index in [2.05, 4.69) is 42.9 Å². The number of hydrogen-bond donors (Lipinski definition) is 1. The maximum absolute atomic E-state index is 4.15. The zero-order valence-corrected chi connectivity index (χ0v) is 10.0. The molecule has 0 radical (unpaired) electrons. The van der Waals surface area contributed by atoms with Gasteiger partial charge in [-0.15, -0.1) is 0 Å². The normalized spacial score (nSPS) is 9.93. The molecule has 0 aliphatic heterocycles. The predicted molar refractivity (Wildman–Crippen MR) is 66.3 cm³/mol. The smallest absolute Gasteiger partial charge is 0.222 e. The predicted octanol–water partition coefficient (Wildman–Crippen LogP) is 2.09. The van der Waals surface area contributed by atoms with Crippen LogP contribution in [-0.2, 0) is 6.54 Å². The largest absolute Gasteiger partial charge is 0.350 e. The van der Waals surface area contributed by atoms with Gasteiger partial charge in [0.1, 0.15) is 0 Å². The van der Waals surface area contributed by atoms with E-state index in [1.165, 1.54) is 0 Å². The highest BCUT2D eigenvalue weighted by atomic mass is 127. The van der Waals surface area contributed by atoms with Crippen LogP contribution in [0, 0.1) is 3.57 Å². The molecule has 0 atom stereocenters. The van der Waals surface area contributed by atoms with Gasteiger partial charge >= 0.3 is 0 Å². The average Bonchev–Trinajstić information content (AvgIpc) is 2.30. The number of anilines is 1. The van der Waals surface area contributed by atoms with Crippen molar-refractivity contribution < 1.29 is 0 Å². The Labute approximate surface area is 101 Å². The molecule has 0 aliphatic rings. The second kappa shape index (κ2) is 5.01. The summed E-state index contributed by atoms with van der Waals surface area (Å²) < 4.78 is 1.03. The third-order valence-electron chi connectivity index (χ3n) is 1.82. The fourth-order valence-electron chi connectivity index (χ4n) is 1.09. The third kappa shape index (κ3) is 3.12. The third-order valence-corrected chi connectivity index (χ3v) is 2.38. The SMILES string of the molecule is Ic1cnc(NCc2ccncc2)nc1. The van der Waals surface area contributed by atoms with Crippen LogP contribution in [0.5, 0.6) is 0 Å². The van der Waals surface area contributed by atoms with E-state index in [9.17, 15) is 0 Å². The van der Waals surface area contributed by atoms with Gasteiger partial charge < -0.3 is 5.32 Å². The van der Waals surface area contributed by atoms with Gasteiger partial charge in [-0.05, 0) is 40.3 Å². The minimum absolute atomic E-state index is 0.646. The van der Waals surface area contributed by atoms with Crippen molar-refractivity contribution in [1.82, 2.24) is 15.0 Å². The summed E-state index contributed by atoms with van der Waals surface area (Å²) in [6, 6.07) is 3.92. The van der Waals surface area contributed by atoms with Crippen molar-refractivity contribution in [2.45, 2.75) is 6.54 Å². The van der Waals surface area contributed by atoms with E-state index in [4.69, 9.17) is 0 Å². The maximum Gasteiger partial charge on any atom is 0.222 e. The molecule has 0 aliphatic carbocycles. The summed E-state index contributed by atoms with van der Waals surface area (Å²) in [6.45, 7) is 0.711. The number of rotatable bonds is 3. The van der Waals surface area contributed by atoms with Gasteiger partial charge in [0.2, 0.25) is 5.95 Å². The summed E-state index contributed by atoms with van der Waals surface area (Å²) in [5.74, 6) is 0.646. The van der Waals surface area contributed by atoms with E-state index in [-0.39, 0.29) is 0 Å². The van der Waals surface area contributed by atoms with Gasteiger partial charge in [-0.1, -0.05) is 0 Å². The van der Waals surface area contributed by atoms with E-state index in [0.717, 1.165) is 9.13 Å². The molecule has 0 spiro atoms. The first-order valence-corrected chi connectivity index (χ1v) is 5.53. The van der Waals surface area contributed by atoms with Crippen molar-refractivity contribution >= 4 is 28.5 Å². The van der Waals surface area contributed by atoms with Crippen molar-refractivity contribution in [3.8, 4) is 0 Å². The molecule has 2 aromatic heterocycles. The molecule has 4 nitrogen and oxygen atoms in total. The molecule has 0 amide bonds. The van der Waals surface area contributed by atoms with Crippen LogP contribution >= 0.6 is 22.6 Å². The molecular formula is C10H9IN4. The first kappa shape index (κ1) is 10.3. The van der Waals surface area contributed by atoms with Gasteiger partial charge in [-0.3, -0.25) is 4.98 Å². The molecule has 2 heterocycles. The Morgan fingerprint density at radius 2 is 1.80 bits per heavy atom. The molecule has 0 saturated heterocycles. The lowest BCUT2D eigenvalue weighted by atomic mass is 10.3. The topological polar surface area (TPSA) is 50.7 Å². The average molecular weight is 312 g/mol. The molecule has 1 N–H and O–H groups in total. The van der Waals surface area contributed by atoms with E-state index in [1.807, 2.05) is 12.1 Å². The van der Waals surface area contributed by atoms with E-state index < -0.39 is 0 Å². The molecule has 2 aromatic rings. The van der Waals surface area contributed by atoms with Crippen molar-refractivity contribution in [3.05, 3.63) is 46.1 Å². The van der Waals surface area contributed by atoms with Gasteiger partial charge in [0.15, 0.2) is 0 Å². The lowest BCUT2D eigenvalue weighted by Crippen LogP contribution is -2.03. The monoisotopic (exact) mass is 312 g/mol. The summed E-state index contributed by atoms with van der Waals surface area (Å²) >= 11 is 2.18. The second-order valence-electron chi connectivity index (χ2n) is 2.93. The Morgan fingerprint density at radius 1 is 1.13 bits per heavy atom. The molecular weight excluding hydrogens is 303 g/mol. The van der Waals surface area contributed by atoms with E-state index in [0.29, 0.717) is 12.5 Å². The van der Waals surface area contributed by atoms with Gasteiger partial charge in [0.05, 0.1) is 0 Å². The zero-order chi connectivity index (χ0) is 10.5. The number of hydrogen-bond acceptors (Lipinski definition) is 4. The standard InChI is InChI=1S/C10H9IN4/c11-9-6-14-10(15-7-9)13-5-8-1-3-12-4-2-8/h1-4,6-7H,5H2,(H,13,14,15). The van der Waals surface area contributed by atoms with Crippen LogP contribution in [0.1, 0.15) is 5.56 Å². The second-order valence-corrected chi connectivity index (χ2v) is 4.18. The maximum atomic E-state index is 4.15. The first-order valence-electron chi connectivity index (χ1n) is 4.45. The van der Waals surface area contributed by atoms with Crippen molar-refractivity contribution in [2.24, 2.45) is 0 Å². The highest BCUT2D eigenvalue weighted by molar-refractivity contribution is 14.1. The Kier molecular flexibility index (Phi) is 3.44. The lowest BCUT2D eigenvalue weighted by Gasteiger charge is -2.03. The fraction of sp³-hybridized carbons (Fsp3) is 0.100. The highest BCUT2D eigenvalue weighted by Gasteiger charge is 1.95. The van der Waals surface area contributed by atoms with Gasteiger partial charge in [-0.25, -0.2) is 9.97 Å². The van der Waals surface area contributed by atoms with Crippen LogP contribution in [-0.4, -0.2) is 15.0 Å². The molecule has 0 saturated carbocycles. The number of nitrogens with zero attached hydrogens (tertiary/aromatic N) is 3. The number of halogens is 1. The Bertz CT molecular complexity index is 415. The minimum atomic E-state index is 0.646. The Hall–Kier alpha value is -1.24. The summed E-state index contributed by atoms with van der Waals surface area (Å²) in [4.78, 5) is 12.2. The minimum Gasteiger partial charge on any atom is -0.350 e. The quantitative estimate of drug-likeness (QED) is 0.882. The molecule has 0 aromatic carbocycles. The van der Waals surface area contributed by atoms with Crippen LogP contribution in [0.25, 0.3) is 0 Å². The van der Waals surface area contributed by atoms with Crippen molar-refractivity contribution in [2.75, 3.05) is 5.32 Å². The molecule has 76 valence electrons. The Balaban J connectivity index is 1.96. The number of pyridine rings is 1. The molecule has 2 rings (SSSR count). The summed E-state index contributed by atoms with van der Waals surface area (Å²) in [6.07, 6.45) is 7.10. The van der Waals surface area contributed by atoms with Crippen molar-refractivity contribution in [3.63, 3.8) is 0 Å². The van der Waals surface area contributed by atoms with Crippen LogP contribution in [0.15, 0.2) is 36.9 Å². The van der Waals surface area contributed by atoms with Crippen LogP contribution in [0.4, 0.5) is 5.95 Å². The van der Waals surface area contributed by atoms with Gasteiger partial charge in [0, 0.05) is 34.9 Å². The summed E-state index contributed by atoms with van der Waals surface area (Å²) in [5, 5.41) is 3.13. The Morgan fingerprint density at radius 3 is 2.47 bits per heavy atom. The zero-order valence-electron chi connectivity index (χ0n) is 7.89. The van der Waals surface area contributed by atoms with Crippen LogP contribution in [0.2, 0.25) is 0 Å². The highest BCUT2D eigenvalue weighted by Crippen LogP contribution is 2.04. The van der Waals surface area contributed by atoms with E-state index >= 15 is 0 Å². The van der Waals surface area contributed by atoms with Gasteiger partial charge in [-0.2, -0.15) is 0 Å².